The Labute approximate surface area is 155 Å². The van der Waals surface area contributed by atoms with Gasteiger partial charge in [0.15, 0.2) is 0 Å². The monoisotopic (exact) mass is 350 g/mol. The maximum absolute atomic E-state index is 12.4. The van der Waals surface area contributed by atoms with Gasteiger partial charge < -0.3 is 9.80 Å². The van der Waals surface area contributed by atoms with Crippen LogP contribution in [-0.2, 0) is 4.79 Å². The Bertz CT molecular complexity index is 775. The summed E-state index contributed by atoms with van der Waals surface area (Å²) in [5, 5.41) is 0. The molecule has 136 valence electrons. The highest BCUT2D eigenvalue weighted by Crippen LogP contribution is 2.16. The lowest BCUT2D eigenvalue weighted by Crippen LogP contribution is -2.48. The SMILES string of the molecule is Cc1cc(N2CCN(C(=O)/C=C/c3ccc(C(C)C)cc3)CC2)ncn1. The Morgan fingerprint density at radius 1 is 1.08 bits per heavy atom. The summed E-state index contributed by atoms with van der Waals surface area (Å²) in [5.74, 6) is 1.52. The first-order chi connectivity index (χ1) is 12.5. The van der Waals surface area contributed by atoms with Gasteiger partial charge in [-0.25, -0.2) is 9.97 Å². The molecule has 0 radical (unpaired) electrons. The van der Waals surface area contributed by atoms with Gasteiger partial charge in [-0.2, -0.15) is 0 Å². The highest BCUT2D eigenvalue weighted by Gasteiger charge is 2.20. The minimum Gasteiger partial charge on any atom is -0.353 e. The maximum Gasteiger partial charge on any atom is 0.246 e. The Kier molecular flexibility index (Phi) is 5.66. The molecule has 3 rings (SSSR count). The van der Waals surface area contributed by atoms with Crippen LogP contribution in [0.1, 0.15) is 36.6 Å². The van der Waals surface area contributed by atoms with Crippen molar-refractivity contribution < 1.29 is 4.79 Å². The van der Waals surface area contributed by atoms with Crippen molar-refractivity contribution in [3.8, 4) is 0 Å². The Morgan fingerprint density at radius 2 is 1.77 bits per heavy atom. The first-order valence-electron chi connectivity index (χ1n) is 9.13. The average molecular weight is 350 g/mol. The number of aromatic nitrogens is 2. The van der Waals surface area contributed by atoms with Crippen LogP contribution in [-0.4, -0.2) is 47.0 Å². The quantitative estimate of drug-likeness (QED) is 0.794. The molecule has 5 nitrogen and oxygen atoms in total. The van der Waals surface area contributed by atoms with Gasteiger partial charge >= 0.3 is 0 Å². The van der Waals surface area contributed by atoms with Crippen LogP contribution < -0.4 is 4.90 Å². The van der Waals surface area contributed by atoms with Crippen LogP contribution in [0.2, 0.25) is 0 Å². The van der Waals surface area contributed by atoms with Gasteiger partial charge in [0.05, 0.1) is 0 Å². The molecule has 1 aliphatic heterocycles. The van der Waals surface area contributed by atoms with E-state index in [2.05, 4.69) is 53.0 Å². The van der Waals surface area contributed by atoms with E-state index in [1.54, 1.807) is 12.4 Å². The zero-order chi connectivity index (χ0) is 18.5. The van der Waals surface area contributed by atoms with E-state index in [-0.39, 0.29) is 5.91 Å². The van der Waals surface area contributed by atoms with Gasteiger partial charge in [-0.1, -0.05) is 38.1 Å². The molecule has 0 atom stereocenters. The predicted octanol–water partition coefficient (Wildman–Crippen LogP) is 3.27. The Morgan fingerprint density at radius 3 is 2.38 bits per heavy atom. The molecule has 5 heteroatoms. The van der Waals surface area contributed by atoms with Crippen molar-refractivity contribution in [2.45, 2.75) is 26.7 Å². The smallest absolute Gasteiger partial charge is 0.246 e. The summed E-state index contributed by atoms with van der Waals surface area (Å²) in [6.45, 7) is 9.31. The van der Waals surface area contributed by atoms with Crippen LogP contribution in [0.3, 0.4) is 0 Å². The second-order valence-corrected chi connectivity index (χ2v) is 6.98. The van der Waals surface area contributed by atoms with Crippen LogP contribution in [0.4, 0.5) is 5.82 Å². The summed E-state index contributed by atoms with van der Waals surface area (Å²) in [7, 11) is 0. The van der Waals surface area contributed by atoms with Crippen LogP contribution in [0.25, 0.3) is 6.08 Å². The first-order valence-corrected chi connectivity index (χ1v) is 9.13. The molecule has 1 aromatic carbocycles. The van der Waals surface area contributed by atoms with Crippen molar-refractivity contribution in [3.63, 3.8) is 0 Å². The number of nitrogens with zero attached hydrogens (tertiary/aromatic N) is 4. The summed E-state index contributed by atoms with van der Waals surface area (Å²) < 4.78 is 0. The third-order valence-corrected chi connectivity index (χ3v) is 4.73. The molecule has 0 bridgehead atoms. The van der Waals surface area contributed by atoms with E-state index in [9.17, 15) is 4.79 Å². The minimum atomic E-state index is 0.0662. The number of aryl methyl sites for hydroxylation is 1. The zero-order valence-electron chi connectivity index (χ0n) is 15.7. The number of carbonyl (C=O) groups is 1. The van der Waals surface area contributed by atoms with Crippen LogP contribution in [0.15, 0.2) is 42.7 Å². The molecule has 1 aliphatic rings. The molecule has 1 saturated heterocycles. The fourth-order valence-electron chi connectivity index (χ4n) is 3.03. The van der Waals surface area contributed by atoms with Crippen molar-refractivity contribution in [3.05, 3.63) is 59.6 Å². The van der Waals surface area contributed by atoms with Crippen LogP contribution in [0.5, 0.6) is 0 Å². The Hall–Kier alpha value is -2.69. The normalized spacial score (nSPS) is 15.1. The molecule has 0 saturated carbocycles. The van der Waals surface area contributed by atoms with Gasteiger partial charge in [0, 0.05) is 44.0 Å². The van der Waals surface area contributed by atoms with Gasteiger partial charge in [-0.05, 0) is 30.0 Å². The standard InChI is InChI=1S/C21H26N4O/c1-16(2)19-7-4-18(5-8-19)6-9-21(26)25-12-10-24(11-13-25)20-14-17(3)22-15-23-20/h4-9,14-16H,10-13H2,1-3H3/b9-6+. The molecule has 26 heavy (non-hydrogen) atoms. The molecule has 2 aromatic rings. The highest BCUT2D eigenvalue weighted by molar-refractivity contribution is 5.92. The van der Waals surface area contributed by atoms with Crippen molar-refractivity contribution in [1.29, 1.82) is 0 Å². The molecule has 1 amide bonds. The number of hydrogen-bond donors (Lipinski definition) is 0. The van der Waals surface area contributed by atoms with Crippen molar-refractivity contribution in [2.75, 3.05) is 31.1 Å². The minimum absolute atomic E-state index is 0.0662. The molecular weight excluding hydrogens is 324 g/mol. The number of amides is 1. The third kappa shape index (κ3) is 4.48. The third-order valence-electron chi connectivity index (χ3n) is 4.73. The predicted molar refractivity (Wildman–Crippen MR) is 105 cm³/mol. The van der Waals surface area contributed by atoms with Crippen LogP contribution >= 0.6 is 0 Å². The van der Waals surface area contributed by atoms with E-state index in [1.807, 2.05) is 24.0 Å². The highest BCUT2D eigenvalue weighted by atomic mass is 16.2. The number of hydrogen-bond acceptors (Lipinski definition) is 4. The number of anilines is 1. The van der Waals surface area contributed by atoms with E-state index in [0.29, 0.717) is 19.0 Å². The average Bonchev–Trinajstić information content (AvgIpc) is 2.66. The molecule has 2 heterocycles. The maximum atomic E-state index is 12.4. The van der Waals surface area contributed by atoms with Crippen LogP contribution in [0, 0.1) is 6.92 Å². The van der Waals surface area contributed by atoms with E-state index in [1.165, 1.54) is 5.56 Å². The summed E-state index contributed by atoms with van der Waals surface area (Å²) in [5.41, 5.74) is 3.32. The van der Waals surface area contributed by atoms with Gasteiger partial charge in [0.1, 0.15) is 12.1 Å². The molecule has 1 aromatic heterocycles. The van der Waals surface area contributed by atoms with Crippen molar-refractivity contribution in [1.82, 2.24) is 14.9 Å². The Balaban J connectivity index is 1.55. The fourth-order valence-corrected chi connectivity index (χ4v) is 3.03. The van der Waals surface area contributed by atoms with Gasteiger partial charge in [0.2, 0.25) is 5.91 Å². The zero-order valence-corrected chi connectivity index (χ0v) is 15.7. The summed E-state index contributed by atoms with van der Waals surface area (Å²) in [6, 6.07) is 10.4. The molecule has 0 N–H and O–H groups in total. The number of benzene rings is 1. The van der Waals surface area contributed by atoms with E-state index >= 15 is 0 Å². The van der Waals surface area contributed by atoms with E-state index in [4.69, 9.17) is 0 Å². The molecule has 0 spiro atoms. The van der Waals surface area contributed by atoms with E-state index in [0.717, 1.165) is 30.2 Å². The molecule has 0 unspecified atom stereocenters. The summed E-state index contributed by atoms with van der Waals surface area (Å²) >= 11 is 0. The molecule has 1 fully saturated rings. The second kappa shape index (κ2) is 8.13. The second-order valence-electron chi connectivity index (χ2n) is 6.98. The largest absolute Gasteiger partial charge is 0.353 e. The van der Waals surface area contributed by atoms with Gasteiger partial charge in [-0.3, -0.25) is 4.79 Å². The van der Waals surface area contributed by atoms with Crippen molar-refractivity contribution >= 4 is 17.8 Å². The molecule has 0 aliphatic carbocycles. The summed E-state index contributed by atoms with van der Waals surface area (Å²) in [6.07, 6.45) is 5.16. The number of piperazine rings is 1. The lowest BCUT2D eigenvalue weighted by molar-refractivity contribution is -0.126. The van der Waals surface area contributed by atoms with Gasteiger partial charge in [-0.15, -0.1) is 0 Å². The first kappa shape index (κ1) is 18.1. The topological polar surface area (TPSA) is 49.3 Å². The van der Waals surface area contributed by atoms with Gasteiger partial charge in [0.25, 0.3) is 0 Å². The summed E-state index contributed by atoms with van der Waals surface area (Å²) in [4.78, 5) is 25.0. The van der Waals surface area contributed by atoms with E-state index < -0.39 is 0 Å². The molecular formula is C21H26N4O. The number of rotatable bonds is 4. The number of carbonyl (C=O) groups excluding carboxylic acids is 1. The fraction of sp³-hybridized carbons (Fsp3) is 0.381. The lowest BCUT2D eigenvalue weighted by Gasteiger charge is -2.34. The lowest BCUT2D eigenvalue weighted by atomic mass is 10.0. The van der Waals surface area contributed by atoms with Crippen molar-refractivity contribution in [2.24, 2.45) is 0 Å².